The van der Waals surface area contributed by atoms with E-state index in [0.717, 1.165) is 17.7 Å². The van der Waals surface area contributed by atoms with Crippen LogP contribution in [0.15, 0.2) is 21.0 Å². The molecule has 1 aromatic heterocycles. The molecule has 1 atom stereocenters. The number of aryl methyl sites for hydroxylation is 2. The second kappa shape index (κ2) is 5.06. The third-order valence-corrected chi connectivity index (χ3v) is 3.83. The van der Waals surface area contributed by atoms with Gasteiger partial charge in [0, 0.05) is 11.1 Å². The largest absolute Gasteiger partial charge is 0.466 e. The maximum absolute atomic E-state index is 13.8. The number of rotatable bonds is 2. The molecule has 1 unspecified atom stereocenters. The molecule has 2 nitrogen and oxygen atoms in total. The Hall–Kier alpha value is -1.20. The van der Waals surface area contributed by atoms with E-state index in [1.807, 2.05) is 0 Å². The van der Waals surface area contributed by atoms with Gasteiger partial charge in [0.05, 0.1) is 4.47 Å². The summed E-state index contributed by atoms with van der Waals surface area (Å²) in [5.41, 5.74) is 1.12. The van der Waals surface area contributed by atoms with Crippen LogP contribution in [0, 0.1) is 32.4 Å². The van der Waals surface area contributed by atoms with E-state index >= 15 is 0 Å². The van der Waals surface area contributed by atoms with Crippen LogP contribution in [0.2, 0.25) is 0 Å². The van der Waals surface area contributed by atoms with Crippen molar-refractivity contribution < 1.29 is 18.3 Å². The fourth-order valence-electron chi connectivity index (χ4n) is 2.12. The van der Waals surface area contributed by atoms with Crippen molar-refractivity contribution in [1.82, 2.24) is 0 Å². The van der Waals surface area contributed by atoms with Gasteiger partial charge < -0.3 is 9.52 Å². The van der Waals surface area contributed by atoms with Crippen LogP contribution in [0.5, 0.6) is 0 Å². The van der Waals surface area contributed by atoms with Crippen LogP contribution in [0.1, 0.15) is 34.3 Å². The maximum Gasteiger partial charge on any atom is 0.137 e. The molecule has 0 aliphatic rings. The highest BCUT2D eigenvalue weighted by Crippen LogP contribution is 2.34. The normalized spacial score (nSPS) is 12.8. The molecular formula is C14H13BrF2O2. The van der Waals surface area contributed by atoms with Crippen molar-refractivity contribution in [1.29, 1.82) is 0 Å². The second-order valence-electron chi connectivity index (χ2n) is 4.44. The molecule has 0 fully saturated rings. The summed E-state index contributed by atoms with van der Waals surface area (Å²) in [4.78, 5) is 0. The van der Waals surface area contributed by atoms with E-state index in [1.165, 1.54) is 0 Å². The van der Waals surface area contributed by atoms with Crippen LogP contribution in [-0.2, 0) is 0 Å². The fourth-order valence-corrected chi connectivity index (χ4v) is 2.43. The predicted molar refractivity (Wildman–Crippen MR) is 71.0 cm³/mol. The van der Waals surface area contributed by atoms with Crippen LogP contribution < -0.4 is 0 Å². The Balaban J connectivity index is 2.56. The van der Waals surface area contributed by atoms with E-state index in [9.17, 15) is 13.9 Å². The minimum Gasteiger partial charge on any atom is -0.466 e. The lowest BCUT2D eigenvalue weighted by molar-refractivity contribution is 0.211. The molecular weight excluding hydrogens is 318 g/mol. The topological polar surface area (TPSA) is 33.4 Å². The van der Waals surface area contributed by atoms with Crippen molar-refractivity contribution in [2.45, 2.75) is 26.9 Å². The quantitative estimate of drug-likeness (QED) is 0.831. The Bertz CT molecular complexity index is 635. The highest BCUT2D eigenvalue weighted by atomic mass is 79.9. The zero-order valence-electron chi connectivity index (χ0n) is 10.7. The molecule has 102 valence electrons. The number of halogens is 3. The Morgan fingerprint density at radius 3 is 2.26 bits per heavy atom. The third kappa shape index (κ3) is 2.44. The van der Waals surface area contributed by atoms with Crippen LogP contribution in [-0.4, -0.2) is 5.11 Å². The summed E-state index contributed by atoms with van der Waals surface area (Å²) in [6, 6.07) is 2.00. The number of benzene rings is 1. The predicted octanol–water partition coefficient (Wildman–Crippen LogP) is 4.33. The average molecular weight is 331 g/mol. The van der Waals surface area contributed by atoms with Crippen molar-refractivity contribution in [2.75, 3.05) is 0 Å². The van der Waals surface area contributed by atoms with E-state index < -0.39 is 17.7 Å². The summed E-state index contributed by atoms with van der Waals surface area (Å²) in [7, 11) is 0. The number of furan rings is 1. The molecule has 1 aromatic carbocycles. The molecule has 0 saturated carbocycles. The molecule has 5 heteroatoms. The summed E-state index contributed by atoms with van der Waals surface area (Å²) >= 11 is 2.90. The monoisotopic (exact) mass is 330 g/mol. The zero-order chi connectivity index (χ0) is 14.3. The van der Waals surface area contributed by atoms with Gasteiger partial charge in [-0.2, -0.15) is 0 Å². The lowest BCUT2D eigenvalue weighted by Crippen LogP contribution is -2.05. The van der Waals surface area contributed by atoms with Crippen LogP contribution in [0.25, 0.3) is 0 Å². The lowest BCUT2D eigenvalue weighted by Gasteiger charge is -2.13. The van der Waals surface area contributed by atoms with Gasteiger partial charge in [0.25, 0.3) is 0 Å². The lowest BCUT2D eigenvalue weighted by atomic mass is 9.97. The van der Waals surface area contributed by atoms with Crippen LogP contribution >= 0.6 is 15.9 Å². The van der Waals surface area contributed by atoms with E-state index in [0.29, 0.717) is 17.1 Å². The van der Waals surface area contributed by atoms with Gasteiger partial charge in [-0.15, -0.1) is 0 Å². The number of aliphatic hydroxyl groups is 1. The van der Waals surface area contributed by atoms with E-state index in [2.05, 4.69) is 15.9 Å². The maximum atomic E-state index is 13.8. The van der Waals surface area contributed by atoms with Crippen molar-refractivity contribution in [3.63, 3.8) is 0 Å². The molecule has 0 bridgehead atoms. The van der Waals surface area contributed by atoms with Gasteiger partial charge in [-0.25, -0.2) is 8.78 Å². The van der Waals surface area contributed by atoms with Gasteiger partial charge in [-0.1, -0.05) is 0 Å². The molecule has 1 heterocycles. The molecule has 0 aliphatic heterocycles. The smallest absolute Gasteiger partial charge is 0.137 e. The molecule has 0 aliphatic carbocycles. The van der Waals surface area contributed by atoms with Crippen LogP contribution in [0.3, 0.4) is 0 Å². The minimum atomic E-state index is -1.25. The van der Waals surface area contributed by atoms with Gasteiger partial charge in [-0.05, 0) is 54.4 Å². The summed E-state index contributed by atoms with van der Waals surface area (Å²) < 4.78 is 32.8. The number of hydrogen-bond donors (Lipinski definition) is 1. The standard InChI is InChI=1S/C14H13BrF2O2/c1-6-7(2)19-8(3)13(6)14(18)9-4-12(17)10(15)5-11(9)16/h4-5,14,18H,1-3H3. The second-order valence-corrected chi connectivity index (χ2v) is 5.30. The summed E-state index contributed by atoms with van der Waals surface area (Å²) in [5.74, 6) is -0.126. The first kappa shape index (κ1) is 14.2. The minimum absolute atomic E-state index is 0.0257. The van der Waals surface area contributed by atoms with Gasteiger partial charge in [0.2, 0.25) is 0 Å². The first-order valence-corrected chi connectivity index (χ1v) is 6.51. The number of aliphatic hydroxyl groups excluding tert-OH is 1. The summed E-state index contributed by atoms with van der Waals surface area (Å²) in [6.45, 7) is 5.22. The van der Waals surface area contributed by atoms with Gasteiger partial charge in [-0.3, -0.25) is 0 Å². The molecule has 1 N–H and O–H groups in total. The highest BCUT2D eigenvalue weighted by molar-refractivity contribution is 9.10. The average Bonchev–Trinajstić information content (AvgIpc) is 2.57. The highest BCUT2D eigenvalue weighted by Gasteiger charge is 2.24. The molecule has 19 heavy (non-hydrogen) atoms. The van der Waals surface area contributed by atoms with Crippen molar-refractivity contribution in [3.05, 3.63) is 56.5 Å². The molecule has 0 radical (unpaired) electrons. The zero-order valence-corrected chi connectivity index (χ0v) is 12.3. The fraction of sp³-hybridized carbons (Fsp3) is 0.286. The van der Waals surface area contributed by atoms with Gasteiger partial charge in [0.1, 0.15) is 29.3 Å². The summed E-state index contributed by atoms with van der Waals surface area (Å²) in [5, 5.41) is 10.3. The Labute approximate surface area is 118 Å². The van der Waals surface area contributed by atoms with Gasteiger partial charge in [0.15, 0.2) is 0 Å². The SMILES string of the molecule is Cc1oc(C)c(C(O)c2cc(F)c(Br)cc2F)c1C. The summed E-state index contributed by atoms with van der Waals surface area (Å²) in [6.07, 6.45) is -1.25. The van der Waals surface area contributed by atoms with Gasteiger partial charge >= 0.3 is 0 Å². The molecule has 0 spiro atoms. The molecule has 0 amide bonds. The van der Waals surface area contributed by atoms with Crippen molar-refractivity contribution in [3.8, 4) is 0 Å². The first-order chi connectivity index (χ1) is 8.82. The van der Waals surface area contributed by atoms with Crippen molar-refractivity contribution >= 4 is 15.9 Å². The van der Waals surface area contributed by atoms with Crippen molar-refractivity contribution in [2.24, 2.45) is 0 Å². The third-order valence-electron chi connectivity index (χ3n) is 3.23. The van der Waals surface area contributed by atoms with E-state index in [1.54, 1.807) is 20.8 Å². The first-order valence-electron chi connectivity index (χ1n) is 5.72. The molecule has 2 aromatic rings. The molecule has 2 rings (SSSR count). The van der Waals surface area contributed by atoms with Crippen LogP contribution in [0.4, 0.5) is 8.78 Å². The van der Waals surface area contributed by atoms with E-state index in [-0.39, 0.29) is 10.0 Å². The molecule has 0 saturated heterocycles. The van der Waals surface area contributed by atoms with E-state index in [4.69, 9.17) is 4.42 Å². The Morgan fingerprint density at radius 2 is 1.74 bits per heavy atom. The Morgan fingerprint density at radius 1 is 1.11 bits per heavy atom. The Kier molecular flexibility index (Phi) is 3.78. The number of hydrogen-bond acceptors (Lipinski definition) is 2.